The average Bonchev–Trinajstić information content (AvgIpc) is 2.97. The standard InChI is InChI=1S/C22H21NO8/c1-4-30-18-10-13(8-9-16(18)29-3)15(11-19(25)26)23-21(27)14-6-5-7-17(31-12(2)24)20(14)22(23)28/h5-10,15H,4,11H2,1-3H3,(H,25,26). The molecule has 0 spiro atoms. The molecule has 2 amide bonds. The van der Waals surface area contributed by atoms with E-state index in [0.717, 1.165) is 4.90 Å². The summed E-state index contributed by atoms with van der Waals surface area (Å²) < 4.78 is 15.9. The number of benzene rings is 2. The van der Waals surface area contributed by atoms with Gasteiger partial charge in [-0.15, -0.1) is 0 Å². The summed E-state index contributed by atoms with van der Waals surface area (Å²) >= 11 is 0. The highest BCUT2D eigenvalue weighted by Crippen LogP contribution is 2.39. The molecule has 1 N–H and O–H groups in total. The number of nitrogens with zero attached hydrogens (tertiary/aromatic N) is 1. The zero-order chi connectivity index (χ0) is 22.7. The van der Waals surface area contributed by atoms with Gasteiger partial charge in [-0.25, -0.2) is 0 Å². The molecule has 0 bridgehead atoms. The Hall–Kier alpha value is -3.88. The first-order valence-electron chi connectivity index (χ1n) is 9.50. The maximum absolute atomic E-state index is 13.2. The van der Waals surface area contributed by atoms with Gasteiger partial charge in [0.05, 0.1) is 37.3 Å². The Kier molecular flexibility index (Phi) is 6.24. The minimum Gasteiger partial charge on any atom is -0.493 e. The van der Waals surface area contributed by atoms with Gasteiger partial charge < -0.3 is 19.3 Å². The first kappa shape index (κ1) is 21.8. The second-order valence-electron chi connectivity index (χ2n) is 6.71. The lowest BCUT2D eigenvalue weighted by Crippen LogP contribution is -2.35. The normalized spacial score (nSPS) is 13.6. The second kappa shape index (κ2) is 8.86. The van der Waals surface area contributed by atoms with Gasteiger partial charge in [0.25, 0.3) is 11.8 Å². The molecule has 1 aliphatic heterocycles. The first-order chi connectivity index (χ1) is 14.8. The minimum absolute atomic E-state index is 0.0395. The van der Waals surface area contributed by atoms with E-state index in [1.807, 2.05) is 0 Å². The summed E-state index contributed by atoms with van der Waals surface area (Å²) in [4.78, 5) is 50.2. The summed E-state index contributed by atoms with van der Waals surface area (Å²) in [5.41, 5.74) is 0.351. The van der Waals surface area contributed by atoms with Crippen molar-refractivity contribution in [2.75, 3.05) is 13.7 Å². The van der Waals surface area contributed by atoms with Crippen LogP contribution < -0.4 is 14.2 Å². The molecule has 3 rings (SSSR count). The molecule has 2 aromatic rings. The Bertz CT molecular complexity index is 1060. The van der Waals surface area contributed by atoms with E-state index in [4.69, 9.17) is 14.2 Å². The third-order valence-electron chi connectivity index (χ3n) is 4.71. The summed E-state index contributed by atoms with van der Waals surface area (Å²) in [5, 5.41) is 9.47. The maximum Gasteiger partial charge on any atom is 0.308 e. The molecule has 0 radical (unpaired) electrons. The van der Waals surface area contributed by atoms with Crippen LogP contribution in [-0.2, 0) is 9.59 Å². The van der Waals surface area contributed by atoms with Gasteiger partial charge in [-0.3, -0.25) is 24.1 Å². The molecule has 31 heavy (non-hydrogen) atoms. The number of aliphatic carboxylic acids is 1. The van der Waals surface area contributed by atoms with E-state index in [9.17, 15) is 24.3 Å². The molecule has 1 atom stereocenters. The fourth-order valence-corrected chi connectivity index (χ4v) is 3.49. The van der Waals surface area contributed by atoms with Crippen LogP contribution in [0.2, 0.25) is 0 Å². The SMILES string of the molecule is CCOc1cc(C(CC(=O)O)N2C(=O)c3cccc(OC(C)=O)c3C2=O)ccc1OC. The highest BCUT2D eigenvalue weighted by atomic mass is 16.5. The Labute approximate surface area is 178 Å². The lowest BCUT2D eigenvalue weighted by atomic mass is 10.0. The zero-order valence-corrected chi connectivity index (χ0v) is 17.2. The molecule has 0 aliphatic carbocycles. The van der Waals surface area contributed by atoms with Crippen LogP contribution in [0.3, 0.4) is 0 Å². The van der Waals surface area contributed by atoms with Crippen LogP contribution in [0.1, 0.15) is 52.6 Å². The van der Waals surface area contributed by atoms with Crippen molar-refractivity contribution in [2.24, 2.45) is 0 Å². The Morgan fingerprint density at radius 3 is 2.42 bits per heavy atom. The summed E-state index contributed by atoms with van der Waals surface area (Å²) in [6.07, 6.45) is -0.522. The smallest absolute Gasteiger partial charge is 0.308 e. The molecular weight excluding hydrogens is 406 g/mol. The molecule has 0 aromatic heterocycles. The predicted octanol–water partition coefficient (Wildman–Crippen LogP) is 2.83. The molecule has 9 nitrogen and oxygen atoms in total. The lowest BCUT2D eigenvalue weighted by molar-refractivity contribution is -0.138. The van der Waals surface area contributed by atoms with Crippen molar-refractivity contribution in [3.63, 3.8) is 0 Å². The van der Waals surface area contributed by atoms with Gasteiger partial charge in [0.2, 0.25) is 0 Å². The fraction of sp³-hybridized carbons (Fsp3) is 0.273. The van der Waals surface area contributed by atoms with Crippen molar-refractivity contribution in [2.45, 2.75) is 26.3 Å². The van der Waals surface area contributed by atoms with Gasteiger partial charge in [0.15, 0.2) is 11.5 Å². The van der Waals surface area contributed by atoms with E-state index in [-0.39, 0.29) is 16.9 Å². The number of carboxylic acid groups (broad SMARTS) is 1. The van der Waals surface area contributed by atoms with Crippen molar-refractivity contribution >= 4 is 23.8 Å². The fourth-order valence-electron chi connectivity index (χ4n) is 3.49. The van der Waals surface area contributed by atoms with Gasteiger partial charge >= 0.3 is 11.9 Å². The van der Waals surface area contributed by atoms with E-state index < -0.39 is 36.2 Å². The van der Waals surface area contributed by atoms with Crippen molar-refractivity contribution < 1.29 is 38.5 Å². The van der Waals surface area contributed by atoms with E-state index in [2.05, 4.69) is 0 Å². The van der Waals surface area contributed by atoms with Crippen molar-refractivity contribution in [1.82, 2.24) is 4.90 Å². The van der Waals surface area contributed by atoms with Gasteiger partial charge in [-0.2, -0.15) is 0 Å². The number of hydrogen-bond acceptors (Lipinski definition) is 7. The third-order valence-corrected chi connectivity index (χ3v) is 4.71. The maximum atomic E-state index is 13.2. The molecule has 0 saturated carbocycles. The number of fused-ring (bicyclic) bond motifs is 1. The van der Waals surface area contributed by atoms with Gasteiger partial charge in [0, 0.05) is 6.92 Å². The highest BCUT2D eigenvalue weighted by molar-refractivity contribution is 6.23. The Morgan fingerprint density at radius 1 is 1.06 bits per heavy atom. The lowest BCUT2D eigenvalue weighted by Gasteiger charge is -2.26. The number of hydrogen-bond donors (Lipinski definition) is 1. The van der Waals surface area contributed by atoms with E-state index in [1.54, 1.807) is 25.1 Å². The predicted molar refractivity (Wildman–Crippen MR) is 107 cm³/mol. The van der Waals surface area contributed by atoms with Gasteiger partial charge in [-0.1, -0.05) is 12.1 Å². The van der Waals surface area contributed by atoms with Crippen LogP contribution in [-0.4, -0.2) is 47.5 Å². The molecule has 2 aromatic carbocycles. The van der Waals surface area contributed by atoms with Crippen LogP contribution in [0.25, 0.3) is 0 Å². The Balaban J connectivity index is 2.09. The molecular formula is C22H21NO8. The number of carbonyl (C=O) groups is 4. The quantitative estimate of drug-likeness (QED) is 0.388. The van der Waals surface area contributed by atoms with E-state index in [1.165, 1.54) is 32.2 Å². The van der Waals surface area contributed by atoms with Crippen LogP contribution in [0.15, 0.2) is 36.4 Å². The number of amides is 2. The summed E-state index contributed by atoms with van der Waals surface area (Å²) in [7, 11) is 1.47. The van der Waals surface area contributed by atoms with Gasteiger partial charge in [0.1, 0.15) is 5.75 Å². The largest absolute Gasteiger partial charge is 0.493 e. The molecule has 162 valence electrons. The summed E-state index contributed by atoms with van der Waals surface area (Å²) in [5.74, 6) is -2.52. The Morgan fingerprint density at radius 2 is 1.81 bits per heavy atom. The van der Waals surface area contributed by atoms with E-state index >= 15 is 0 Å². The topological polar surface area (TPSA) is 119 Å². The number of esters is 1. The monoisotopic (exact) mass is 427 g/mol. The van der Waals surface area contributed by atoms with Crippen LogP contribution >= 0.6 is 0 Å². The van der Waals surface area contributed by atoms with Crippen LogP contribution in [0.5, 0.6) is 17.2 Å². The zero-order valence-electron chi connectivity index (χ0n) is 17.2. The molecule has 0 fully saturated rings. The minimum atomic E-state index is -1.20. The molecule has 0 saturated heterocycles. The first-order valence-corrected chi connectivity index (χ1v) is 9.50. The van der Waals surface area contributed by atoms with Crippen molar-refractivity contribution in [3.05, 3.63) is 53.1 Å². The average molecular weight is 427 g/mol. The number of methoxy groups -OCH3 is 1. The summed E-state index contributed by atoms with van der Waals surface area (Å²) in [6.45, 7) is 3.29. The van der Waals surface area contributed by atoms with Crippen LogP contribution in [0, 0.1) is 0 Å². The number of ether oxygens (including phenoxy) is 3. The van der Waals surface area contributed by atoms with Crippen molar-refractivity contribution in [3.8, 4) is 17.2 Å². The number of imide groups is 1. The van der Waals surface area contributed by atoms with Crippen molar-refractivity contribution in [1.29, 1.82) is 0 Å². The molecule has 1 heterocycles. The second-order valence-corrected chi connectivity index (χ2v) is 6.71. The molecule has 1 unspecified atom stereocenters. The van der Waals surface area contributed by atoms with E-state index in [0.29, 0.717) is 23.7 Å². The molecule has 1 aliphatic rings. The highest BCUT2D eigenvalue weighted by Gasteiger charge is 2.43. The number of carboxylic acids is 1. The van der Waals surface area contributed by atoms with Crippen LogP contribution in [0.4, 0.5) is 0 Å². The molecule has 9 heteroatoms. The summed E-state index contributed by atoms with van der Waals surface area (Å²) in [6, 6.07) is 7.91. The third kappa shape index (κ3) is 4.20. The number of carbonyl (C=O) groups excluding carboxylic acids is 3. The van der Waals surface area contributed by atoms with Gasteiger partial charge in [-0.05, 0) is 36.8 Å². The number of rotatable bonds is 8.